The van der Waals surface area contributed by atoms with E-state index in [2.05, 4.69) is 30.3 Å². The molecule has 0 saturated carbocycles. The van der Waals surface area contributed by atoms with Crippen molar-refractivity contribution in [3.63, 3.8) is 0 Å². The summed E-state index contributed by atoms with van der Waals surface area (Å²) in [6, 6.07) is 11.1. The summed E-state index contributed by atoms with van der Waals surface area (Å²) in [5.41, 5.74) is 15.9. The summed E-state index contributed by atoms with van der Waals surface area (Å²) < 4.78 is 0. The fraction of sp³-hybridized carbons (Fsp3) is 0.250. The average molecular weight is 221 g/mol. The monoisotopic (exact) mass is 221 g/mol. The highest BCUT2D eigenvalue weighted by Gasteiger charge is 2.25. The molecule has 0 radical (unpaired) electrons. The second-order valence-electron chi connectivity index (χ2n) is 5.17. The molecular formula is C16H15N. The van der Waals surface area contributed by atoms with E-state index >= 15 is 0 Å². The van der Waals surface area contributed by atoms with Crippen LogP contribution in [0.3, 0.4) is 0 Å². The van der Waals surface area contributed by atoms with Crippen molar-refractivity contribution in [2.24, 2.45) is 0 Å². The molecule has 0 aromatic heterocycles. The Kier molecular flexibility index (Phi) is 1.71. The van der Waals surface area contributed by atoms with Gasteiger partial charge in [0.15, 0.2) is 0 Å². The molecule has 0 saturated heterocycles. The molecule has 1 heteroatoms. The molecule has 0 bridgehead atoms. The molecule has 0 spiro atoms. The Hall–Kier alpha value is -1.76. The first kappa shape index (κ1) is 9.29. The molecule has 84 valence electrons. The van der Waals surface area contributed by atoms with Gasteiger partial charge in [0, 0.05) is 5.69 Å². The fourth-order valence-electron chi connectivity index (χ4n) is 3.44. The van der Waals surface area contributed by atoms with Gasteiger partial charge >= 0.3 is 0 Å². The summed E-state index contributed by atoms with van der Waals surface area (Å²) in [7, 11) is 0. The normalized spacial score (nSPS) is 15.5. The van der Waals surface area contributed by atoms with Gasteiger partial charge in [-0.15, -0.1) is 0 Å². The molecular weight excluding hydrogens is 206 g/mol. The van der Waals surface area contributed by atoms with Crippen molar-refractivity contribution in [2.75, 3.05) is 5.73 Å². The zero-order valence-electron chi connectivity index (χ0n) is 9.79. The molecule has 2 aromatic rings. The van der Waals surface area contributed by atoms with Crippen LogP contribution >= 0.6 is 0 Å². The number of rotatable bonds is 0. The lowest BCUT2D eigenvalue weighted by Crippen LogP contribution is -2.14. The summed E-state index contributed by atoms with van der Waals surface area (Å²) in [6.07, 6.45) is 4.62. The zero-order chi connectivity index (χ0) is 11.4. The van der Waals surface area contributed by atoms with E-state index in [9.17, 15) is 0 Å². The Morgan fingerprint density at radius 1 is 0.706 bits per heavy atom. The Labute approximate surface area is 101 Å². The highest BCUT2D eigenvalue weighted by Crippen LogP contribution is 2.43. The van der Waals surface area contributed by atoms with Gasteiger partial charge in [-0.2, -0.15) is 0 Å². The Bertz CT molecular complexity index is 578. The minimum Gasteiger partial charge on any atom is -0.399 e. The summed E-state index contributed by atoms with van der Waals surface area (Å²) in [4.78, 5) is 0. The van der Waals surface area contributed by atoms with Gasteiger partial charge in [0.1, 0.15) is 0 Å². The largest absolute Gasteiger partial charge is 0.399 e. The lowest BCUT2D eigenvalue weighted by molar-refractivity contribution is 0.877. The summed E-state index contributed by atoms with van der Waals surface area (Å²) in [5, 5.41) is 0. The molecule has 4 rings (SSSR count). The van der Waals surface area contributed by atoms with Gasteiger partial charge in [-0.05, 0) is 71.2 Å². The van der Waals surface area contributed by atoms with Crippen LogP contribution in [-0.2, 0) is 25.7 Å². The molecule has 2 N–H and O–H groups in total. The fourth-order valence-corrected chi connectivity index (χ4v) is 3.44. The number of anilines is 1. The van der Waals surface area contributed by atoms with E-state index in [1.165, 1.54) is 46.2 Å². The van der Waals surface area contributed by atoms with Gasteiger partial charge in [0.05, 0.1) is 0 Å². The van der Waals surface area contributed by atoms with Gasteiger partial charge < -0.3 is 5.73 Å². The zero-order valence-corrected chi connectivity index (χ0v) is 9.79. The maximum absolute atomic E-state index is 6.00. The Morgan fingerprint density at radius 2 is 1.18 bits per heavy atom. The number of nitrogens with two attached hydrogens (primary N) is 1. The average Bonchev–Trinajstić information content (AvgIpc) is 2.35. The van der Waals surface area contributed by atoms with E-state index in [1.807, 2.05) is 0 Å². The summed E-state index contributed by atoms with van der Waals surface area (Å²) in [6.45, 7) is 0. The number of nitrogen functional groups attached to an aromatic ring is 1. The summed E-state index contributed by atoms with van der Waals surface area (Å²) >= 11 is 0. The van der Waals surface area contributed by atoms with Gasteiger partial charge in [-0.3, -0.25) is 0 Å². The minimum absolute atomic E-state index is 0.932. The molecule has 0 aliphatic heterocycles. The van der Waals surface area contributed by atoms with Gasteiger partial charge in [-0.1, -0.05) is 18.2 Å². The maximum atomic E-state index is 6.00. The third kappa shape index (κ3) is 1.20. The van der Waals surface area contributed by atoms with Crippen LogP contribution in [0.4, 0.5) is 5.69 Å². The topological polar surface area (TPSA) is 26.0 Å². The van der Waals surface area contributed by atoms with E-state index in [4.69, 9.17) is 5.73 Å². The predicted molar refractivity (Wildman–Crippen MR) is 71.1 cm³/mol. The van der Waals surface area contributed by atoms with Crippen molar-refractivity contribution >= 4 is 5.69 Å². The smallest absolute Gasteiger partial charge is 0.0319 e. The van der Waals surface area contributed by atoms with Crippen LogP contribution in [0.1, 0.15) is 22.3 Å². The molecule has 2 aliphatic carbocycles. The molecule has 0 amide bonds. The molecule has 0 atom stereocenters. The molecule has 0 unspecified atom stereocenters. The number of aryl methyl sites for hydroxylation is 4. The van der Waals surface area contributed by atoms with Crippen LogP contribution in [0.5, 0.6) is 0 Å². The molecule has 2 aromatic carbocycles. The SMILES string of the molecule is Nc1cc2c3c(c1)CCc1cccc(c1-3)CC2. The van der Waals surface area contributed by atoms with Crippen LogP contribution in [0.15, 0.2) is 30.3 Å². The van der Waals surface area contributed by atoms with E-state index in [0.717, 1.165) is 18.5 Å². The van der Waals surface area contributed by atoms with Crippen LogP contribution in [0, 0.1) is 0 Å². The second-order valence-corrected chi connectivity index (χ2v) is 5.17. The maximum Gasteiger partial charge on any atom is 0.0319 e. The van der Waals surface area contributed by atoms with Crippen molar-refractivity contribution in [1.82, 2.24) is 0 Å². The van der Waals surface area contributed by atoms with Crippen LogP contribution < -0.4 is 5.73 Å². The van der Waals surface area contributed by atoms with Crippen LogP contribution in [-0.4, -0.2) is 0 Å². The van der Waals surface area contributed by atoms with E-state index in [-0.39, 0.29) is 0 Å². The second kappa shape index (κ2) is 3.13. The van der Waals surface area contributed by atoms with Gasteiger partial charge in [0.2, 0.25) is 0 Å². The lowest BCUT2D eigenvalue weighted by atomic mass is 9.75. The van der Waals surface area contributed by atoms with Crippen molar-refractivity contribution in [3.05, 3.63) is 52.6 Å². The van der Waals surface area contributed by atoms with Gasteiger partial charge in [-0.25, -0.2) is 0 Å². The van der Waals surface area contributed by atoms with Crippen LogP contribution in [0.2, 0.25) is 0 Å². The summed E-state index contributed by atoms with van der Waals surface area (Å²) in [5.74, 6) is 0. The van der Waals surface area contributed by atoms with Crippen molar-refractivity contribution in [1.29, 1.82) is 0 Å². The van der Waals surface area contributed by atoms with Crippen molar-refractivity contribution in [2.45, 2.75) is 25.7 Å². The predicted octanol–water partition coefficient (Wildman–Crippen LogP) is 3.13. The lowest BCUT2D eigenvalue weighted by Gasteiger charge is -2.29. The molecule has 1 nitrogen and oxygen atoms in total. The van der Waals surface area contributed by atoms with E-state index in [1.54, 1.807) is 0 Å². The first-order chi connectivity index (χ1) is 8.33. The Morgan fingerprint density at radius 3 is 1.76 bits per heavy atom. The van der Waals surface area contributed by atoms with E-state index < -0.39 is 0 Å². The highest BCUT2D eigenvalue weighted by molar-refractivity contribution is 5.82. The Balaban J connectivity index is 2.12. The molecule has 0 fully saturated rings. The third-order valence-electron chi connectivity index (χ3n) is 4.14. The highest BCUT2D eigenvalue weighted by atomic mass is 14.5. The number of hydrogen-bond acceptors (Lipinski definition) is 1. The quantitative estimate of drug-likeness (QED) is 0.679. The molecule has 0 heterocycles. The van der Waals surface area contributed by atoms with E-state index in [0.29, 0.717) is 0 Å². The van der Waals surface area contributed by atoms with Crippen molar-refractivity contribution < 1.29 is 0 Å². The standard InChI is InChI=1S/C16H15N/c17-14-8-12-6-4-10-2-1-3-11-5-7-13(9-14)16(12)15(10)11/h1-3,8-9H,4-7,17H2. The third-order valence-corrected chi connectivity index (χ3v) is 4.14. The number of hydrogen-bond donors (Lipinski definition) is 1. The first-order valence-electron chi connectivity index (χ1n) is 6.35. The van der Waals surface area contributed by atoms with Crippen molar-refractivity contribution in [3.8, 4) is 11.1 Å². The molecule has 2 aliphatic rings. The number of benzene rings is 2. The van der Waals surface area contributed by atoms with Crippen LogP contribution in [0.25, 0.3) is 11.1 Å². The molecule has 17 heavy (non-hydrogen) atoms. The van der Waals surface area contributed by atoms with Gasteiger partial charge in [0.25, 0.3) is 0 Å². The first-order valence-corrected chi connectivity index (χ1v) is 6.35. The minimum atomic E-state index is 0.932.